The van der Waals surface area contributed by atoms with Crippen molar-refractivity contribution in [2.45, 2.75) is 6.61 Å². The highest BCUT2D eigenvalue weighted by Gasteiger charge is 2.06. The van der Waals surface area contributed by atoms with Gasteiger partial charge in [-0.3, -0.25) is 0 Å². The molecule has 1 rings (SSSR count). The summed E-state index contributed by atoms with van der Waals surface area (Å²) in [5, 5.41) is 6.79. The van der Waals surface area contributed by atoms with Crippen LogP contribution in [0, 0.1) is 6.20 Å². The van der Waals surface area contributed by atoms with Crippen molar-refractivity contribution in [2.24, 2.45) is 7.05 Å². The summed E-state index contributed by atoms with van der Waals surface area (Å²) in [6.45, 7) is -2.87. The van der Waals surface area contributed by atoms with Crippen molar-refractivity contribution in [1.29, 1.82) is 0 Å². The number of hydrogen-bond acceptors (Lipinski definition) is 3. The van der Waals surface area contributed by atoms with Crippen LogP contribution in [0.15, 0.2) is 0 Å². The lowest BCUT2D eigenvalue weighted by Crippen LogP contribution is -2.02. The number of nitrogens with zero attached hydrogens (tertiary/aromatic N) is 3. The normalized spacial score (nSPS) is 10.4. The van der Waals surface area contributed by atoms with Gasteiger partial charge in [0.2, 0.25) is 0 Å². The summed E-state index contributed by atoms with van der Waals surface area (Å²) < 4.78 is 26.7. The average molecular weight is 148 g/mol. The second kappa shape index (κ2) is 2.59. The molecule has 0 atom stereocenters. The van der Waals surface area contributed by atoms with Crippen molar-refractivity contribution < 1.29 is 13.5 Å². The fourth-order valence-corrected chi connectivity index (χ4v) is 0.426. The van der Waals surface area contributed by atoms with Gasteiger partial charge in [0.25, 0.3) is 5.88 Å². The molecule has 6 heteroatoms. The lowest BCUT2D eigenvalue weighted by Gasteiger charge is -1.95. The Balaban J connectivity index is 2.58. The number of aromatic nitrogens is 3. The molecular weight excluding hydrogens is 144 g/mol. The highest BCUT2D eigenvalue weighted by Crippen LogP contribution is 2.04. The molecule has 0 amide bonds. The maximum Gasteiger partial charge on any atom is 0.388 e. The van der Waals surface area contributed by atoms with Gasteiger partial charge in [-0.15, -0.1) is 10.2 Å². The molecule has 0 aliphatic heterocycles. The largest absolute Gasteiger partial charge is 0.413 e. The van der Waals surface area contributed by atoms with Gasteiger partial charge in [0.05, 0.1) is 0 Å². The van der Waals surface area contributed by atoms with E-state index in [0.717, 1.165) is 4.80 Å². The third kappa shape index (κ3) is 1.64. The van der Waals surface area contributed by atoms with E-state index in [0.29, 0.717) is 0 Å². The highest BCUT2D eigenvalue weighted by molar-refractivity contribution is 4.95. The van der Waals surface area contributed by atoms with Crippen LogP contribution in [0.1, 0.15) is 0 Å². The van der Waals surface area contributed by atoms with Crippen LogP contribution in [0.3, 0.4) is 0 Å². The van der Waals surface area contributed by atoms with Crippen molar-refractivity contribution in [3.05, 3.63) is 6.20 Å². The Kier molecular flexibility index (Phi) is 1.79. The molecule has 1 heterocycles. The second-order valence-corrected chi connectivity index (χ2v) is 1.48. The minimum atomic E-state index is -2.87. The number of hydrogen-bond donors (Lipinski definition) is 0. The van der Waals surface area contributed by atoms with Crippen LogP contribution in [-0.2, 0) is 7.05 Å². The quantitative estimate of drug-likeness (QED) is 0.602. The zero-order chi connectivity index (χ0) is 7.56. The maximum atomic E-state index is 11.4. The minimum Gasteiger partial charge on any atom is -0.413 e. The monoisotopic (exact) mass is 148 g/mol. The number of halogens is 2. The lowest BCUT2D eigenvalue weighted by atomic mass is 10.9. The van der Waals surface area contributed by atoms with Gasteiger partial charge in [0.1, 0.15) is 0 Å². The summed E-state index contributed by atoms with van der Waals surface area (Å²) in [6, 6.07) is 0. The van der Waals surface area contributed by atoms with Gasteiger partial charge in [-0.25, -0.2) is 0 Å². The van der Waals surface area contributed by atoms with Crippen molar-refractivity contribution in [2.75, 3.05) is 0 Å². The van der Waals surface area contributed by atoms with Gasteiger partial charge in [-0.05, 0) is 0 Å². The van der Waals surface area contributed by atoms with Crippen LogP contribution in [0.4, 0.5) is 8.78 Å². The average Bonchev–Trinajstić information content (AvgIpc) is 2.13. The Bertz CT molecular complexity index is 212. The second-order valence-electron chi connectivity index (χ2n) is 1.48. The van der Waals surface area contributed by atoms with Crippen molar-refractivity contribution in [1.82, 2.24) is 15.0 Å². The first kappa shape index (κ1) is 6.91. The van der Waals surface area contributed by atoms with Crippen LogP contribution in [0.25, 0.3) is 0 Å². The number of alkyl halides is 2. The van der Waals surface area contributed by atoms with Crippen molar-refractivity contribution in [3.63, 3.8) is 0 Å². The summed E-state index contributed by atoms with van der Waals surface area (Å²) in [4.78, 5) is 1.08. The molecule has 10 heavy (non-hydrogen) atoms. The van der Waals surface area contributed by atoms with E-state index in [1.807, 2.05) is 0 Å². The van der Waals surface area contributed by atoms with E-state index in [1.165, 1.54) is 7.05 Å². The van der Waals surface area contributed by atoms with E-state index in [4.69, 9.17) is 0 Å². The first-order chi connectivity index (χ1) is 4.68. The third-order valence-electron chi connectivity index (χ3n) is 0.727. The number of rotatable bonds is 2. The zero-order valence-corrected chi connectivity index (χ0v) is 5.08. The van der Waals surface area contributed by atoms with Gasteiger partial charge in [-0.1, -0.05) is 0 Å². The Labute approximate surface area is 55.4 Å². The molecule has 0 unspecified atom stereocenters. The van der Waals surface area contributed by atoms with E-state index in [1.54, 1.807) is 0 Å². The standard InChI is InChI=1S/C4H4F2N3O/c1-9-7-2-3(8-9)10-4(5)6/h4H,1H3. The molecule has 0 saturated heterocycles. The molecule has 0 fully saturated rings. The Morgan fingerprint density at radius 3 is 2.80 bits per heavy atom. The van der Waals surface area contributed by atoms with Gasteiger partial charge in [0.15, 0.2) is 6.20 Å². The minimum absolute atomic E-state index is 0.294. The molecular formula is C4H4F2N3O. The van der Waals surface area contributed by atoms with Crippen LogP contribution in [-0.4, -0.2) is 21.6 Å². The predicted octanol–water partition coefficient (Wildman–Crippen LogP) is 0.217. The summed E-state index contributed by atoms with van der Waals surface area (Å²) in [7, 11) is 1.48. The first-order valence-corrected chi connectivity index (χ1v) is 2.42. The molecule has 1 aromatic rings. The van der Waals surface area contributed by atoms with Gasteiger partial charge < -0.3 is 4.74 Å². The fraction of sp³-hybridized carbons (Fsp3) is 0.500. The highest BCUT2D eigenvalue weighted by atomic mass is 19.3. The molecule has 0 N–H and O–H groups in total. The van der Waals surface area contributed by atoms with Gasteiger partial charge >= 0.3 is 6.61 Å². The van der Waals surface area contributed by atoms with Crippen LogP contribution in [0.5, 0.6) is 5.88 Å². The summed E-state index contributed by atoms with van der Waals surface area (Å²) >= 11 is 0. The van der Waals surface area contributed by atoms with Crippen LogP contribution >= 0.6 is 0 Å². The lowest BCUT2D eigenvalue weighted by molar-refractivity contribution is -0.0533. The molecule has 0 aromatic carbocycles. The van der Waals surface area contributed by atoms with E-state index in [2.05, 4.69) is 21.1 Å². The summed E-state index contributed by atoms with van der Waals surface area (Å²) in [5.41, 5.74) is 0. The first-order valence-electron chi connectivity index (χ1n) is 2.42. The number of aryl methyl sites for hydroxylation is 1. The topological polar surface area (TPSA) is 39.9 Å². The molecule has 0 aliphatic rings. The molecule has 4 nitrogen and oxygen atoms in total. The predicted molar refractivity (Wildman–Crippen MR) is 26.5 cm³/mol. The van der Waals surface area contributed by atoms with E-state index in [9.17, 15) is 8.78 Å². The maximum absolute atomic E-state index is 11.4. The van der Waals surface area contributed by atoms with Crippen LogP contribution < -0.4 is 4.74 Å². The SMILES string of the molecule is Cn1n[c]c(OC(F)F)n1. The zero-order valence-electron chi connectivity index (χ0n) is 5.08. The van der Waals surface area contributed by atoms with Gasteiger partial charge in [-0.2, -0.15) is 13.6 Å². The van der Waals surface area contributed by atoms with Gasteiger partial charge in [0, 0.05) is 7.05 Å². The Morgan fingerprint density at radius 1 is 1.70 bits per heavy atom. The summed E-state index contributed by atoms with van der Waals surface area (Å²) in [6.07, 6.45) is 2.14. The molecule has 0 aliphatic carbocycles. The summed E-state index contributed by atoms with van der Waals surface area (Å²) in [5.74, 6) is -0.294. The molecule has 0 spiro atoms. The fourth-order valence-electron chi connectivity index (χ4n) is 0.426. The van der Waals surface area contributed by atoms with E-state index < -0.39 is 6.61 Å². The van der Waals surface area contributed by atoms with E-state index >= 15 is 0 Å². The Morgan fingerprint density at radius 2 is 2.40 bits per heavy atom. The number of ether oxygens (including phenoxy) is 1. The Hall–Kier alpha value is -1.20. The van der Waals surface area contributed by atoms with Crippen molar-refractivity contribution in [3.8, 4) is 5.88 Å². The molecule has 1 radical (unpaired) electrons. The smallest absolute Gasteiger partial charge is 0.388 e. The van der Waals surface area contributed by atoms with E-state index in [-0.39, 0.29) is 5.88 Å². The molecule has 0 bridgehead atoms. The third-order valence-corrected chi connectivity index (χ3v) is 0.727. The molecule has 0 saturated carbocycles. The van der Waals surface area contributed by atoms with Crippen molar-refractivity contribution >= 4 is 0 Å². The molecule has 1 aromatic heterocycles. The van der Waals surface area contributed by atoms with Crippen LogP contribution in [0.2, 0.25) is 0 Å². The molecule has 55 valence electrons.